The van der Waals surface area contributed by atoms with Crippen molar-refractivity contribution >= 4 is 40.6 Å². The Morgan fingerprint density at radius 3 is 2.41 bits per heavy atom. The molecule has 166 valence electrons. The summed E-state index contributed by atoms with van der Waals surface area (Å²) in [6.07, 6.45) is 3.72. The summed E-state index contributed by atoms with van der Waals surface area (Å²) < 4.78 is 6.09. The third-order valence-corrected chi connectivity index (χ3v) is 5.94. The molecule has 1 aliphatic heterocycles. The number of hydrogen-bond donors (Lipinski definition) is 2. The average Bonchev–Trinajstić information content (AvgIpc) is 2.78. The first-order valence-electron chi connectivity index (χ1n) is 10.4. The summed E-state index contributed by atoms with van der Waals surface area (Å²) in [5, 5.41) is 6.63. The number of halogens is 2. The quantitative estimate of drug-likeness (QED) is 0.467. The van der Waals surface area contributed by atoms with Crippen LogP contribution in [0.2, 0.25) is 10.0 Å². The highest BCUT2D eigenvalue weighted by atomic mass is 35.5. The monoisotopic (exact) mass is 470 g/mol. The molecule has 0 saturated carbocycles. The largest absolute Gasteiger partial charge is 0.489 e. The van der Waals surface area contributed by atoms with E-state index in [1.165, 1.54) is 0 Å². The van der Waals surface area contributed by atoms with Crippen molar-refractivity contribution in [2.24, 2.45) is 0 Å². The summed E-state index contributed by atoms with van der Waals surface area (Å²) in [5.41, 5.74) is 2.73. The molecule has 6 nitrogen and oxygen atoms in total. The van der Waals surface area contributed by atoms with Crippen LogP contribution in [0.5, 0.6) is 5.75 Å². The molecule has 2 heterocycles. The molecule has 0 aliphatic carbocycles. The van der Waals surface area contributed by atoms with Crippen LogP contribution < -0.4 is 15.4 Å². The molecule has 0 atom stereocenters. The summed E-state index contributed by atoms with van der Waals surface area (Å²) >= 11 is 12.7. The van der Waals surface area contributed by atoms with E-state index in [1.54, 1.807) is 36.5 Å². The van der Waals surface area contributed by atoms with Crippen LogP contribution in [0, 0.1) is 0 Å². The number of ether oxygens (including phenoxy) is 1. The van der Waals surface area contributed by atoms with Crippen molar-refractivity contribution < 1.29 is 9.53 Å². The summed E-state index contributed by atoms with van der Waals surface area (Å²) in [6.45, 7) is 1.98. The van der Waals surface area contributed by atoms with Gasteiger partial charge in [0.2, 0.25) is 0 Å². The summed E-state index contributed by atoms with van der Waals surface area (Å²) in [6, 6.07) is 15.8. The van der Waals surface area contributed by atoms with Crippen molar-refractivity contribution in [2.75, 3.05) is 30.8 Å². The number of aromatic nitrogens is 1. The highest BCUT2D eigenvalue weighted by molar-refractivity contribution is 6.33. The van der Waals surface area contributed by atoms with E-state index in [9.17, 15) is 4.79 Å². The third kappa shape index (κ3) is 5.71. The first kappa shape index (κ1) is 22.4. The molecule has 8 heteroatoms. The second-order valence-corrected chi connectivity index (χ2v) is 8.57. The molecule has 4 rings (SSSR count). The van der Waals surface area contributed by atoms with E-state index in [0.717, 1.165) is 37.2 Å². The lowest BCUT2D eigenvalue weighted by molar-refractivity contribution is 0.114. The molecule has 1 fully saturated rings. The molecule has 3 aromatic rings. The summed E-state index contributed by atoms with van der Waals surface area (Å²) in [4.78, 5) is 19.1. The van der Waals surface area contributed by atoms with Crippen LogP contribution in [-0.4, -0.2) is 42.2 Å². The van der Waals surface area contributed by atoms with Crippen LogP contribution in [-0.2, 0) is 0 Å². The molecule has 1 saturated heterocycles. The molecule has 0 bridgehead atoms. The maximum atomic E-state index is 12.5. The minimum absolute atomic E-state index is 0.118. The second-order valence-electron chi connectivity index (χ2n) is 7.75. The van der Waals surface area contributed by atoms with Gasteiger partial charge in [0.15, 0.2) is 0 Å². The number of urea groups is 1. The van der Waals surface area contributed by atoms with Gasteiger partial charge in [-0.2, -0.15) is 0 Å². The minimum atomic E-state index is -0.390. The summed E-state index contributed by atoms with van der Waals surface area (Å²) in [5.74, 6) is 0.571. The predicted octanol–water partition coefficient (Wildman–Crippen LogP) is 6.17. The fourth-order valence-electron chi connectivity index (χ4n) is 3.57. The van der Waals surface area contributed by atoms with E-state index in [1.807, 2.05) is 24.3 Å². The Morgan fingerprint density at radius 2 is 1.72 bits per heavy atom. The summed E-state index contributed by atoms with van der Waals surface area (Å²) in [7, 11) is 2.10. The first-order chi connectivity index (χ1) is 15.5. The van der Waals surface area contributed by atoms with E-state index in [4.69, 9.17) is 27.9 Å². The van der Waals surface area contributed by atoms with Gasteiger partial charge in [-0.05, 0) is 62.4 Å². The van der Waals surface area contributed by atoms with Crippen molar-refractivity contribution in [2.45, 2.75) is 18.9 Å². The van der Waals surface area contributed by atoms with Gasteiger partial charge in [0.05, 0.1) is 15.7 Å². The lowest BCUT2D eigenvalue weighted by atomic mass is 10.1. The molecule has 0 radical (unpaired) electrons. The second kappa shape index (κ2) is 10.2. The Balaban J connectivity index is 1.39. The number of hydrogen-bond acceptors (Lipinski definition) is 4. The number of nitrogens with one attached hydrogen (secondary N) is 2. The lowest BCUT2D eigenvalue weighted by Crippen LogP contribution is -2.35. The lowest BCUT2D eigenvalue weighted by Gasteiger charge is -2.29. The molecule has 0 unspecified atom stereocenters. The van der Waals surface area contributed by atoms with Gasteiger partial charge in [0.25, 0.3) is 0 Å². The van der Waals surface area contributed by atoms with Gasteiger partial charge in [-0.1, -0.05) is 29.3 Å². The molecule has 1 aliphatic rings. The average molecular weight is 471 g/mol. The first-order valence-corrected chi connectivity index (χ1v) is 11.2. The van der Waals surface area contributed by atoms with E-state index >= 15 is 0 Å². The Hall–Kier alpha value is -2.80. The van der Waals surface area contributed by atoms with E-state index in [2.05, 4.69) is 27.6 Å². The van der Waals surface area contributed by atoms with Gasteiger partial charge in [-0.15, -0.1) is 0 Å². The number of nitrogens with zero attached hydrogens (tertiary/aromatic N) is 2. The van der Waals surface area contributed by atoms with Gasteiger partial charge in [-0.3, -0.25) is 4.98 Å². The number of piperidine rings is 1. The van der Waals surface area contributed by atoms with Gasteiger partial charge >= 0.3 is 6.03 Å². The van der Waals surface area contributed by atoms with Crippen molar-refractivity contribution in [1.29, 1.82) is 0 Å². The number of rotatable bonds is 5. The number of likely N-dealkylation sites (tertiary alicyclic amines) is 1. The maximum Gasteiger partial charge on any atom is 0.323 e. The smallest absolute Gasteiger partial charge is 0.323 e. The van der Waals surface area contributed by atoms with Crippen LogP contribution >= 0.6 is 23.2 Å². The molecule has 0 spiro atoms. The molecule has 2 N–H and O–H groups in total. The fraction of sp³-hybridized carbons (Fsp3) is 0.250. The highest BCUT2D eigenvalue weighted by Gasteiger charge is 2.19. The Bertz CT molecular complexity index is 1090. The van der Waals surface area contributed by atoms with Gasteiger partial charge in [0.1, 0.15) is 11.9 Å². The van der Waals surface area contributed by atoms with Gasteiger partial charge in [0, 0.05) is 42.3 Å². The van der Waals surface area contributed by atoms with Crippen molar-refractivity contribution in [3.05, 3.63) is 70.8 Å². The standard InChI is InChI=1S/C24H24Cl2N4O2/c1-30-12-9-18(10-13-30)32-23-15-17(6-8-20(23)25)29-24(31)28-16-5-7-19(21(26)14-16)22-4-2-3-11-27-22/h2-8,11,14-15,18H,9-10,12-13H2,1H3,(H2,28,29,31). The van der Waals surface area contributed by atoms with Crippen molar-refractivity contribution in [3.8, 4) is 17.0 Å². The molecular weight excluding hydrogens is 447 g/mol. The third-order valence-electron chi connectivity index (χ3n) is 5.32. The van der Waals surface area contributed by atoms with Crippen molar-refractivity contribution in [3.63, 3.8) is 0 Å². The van der Waals surface area contributed by atoms with E-state index in [0.29, 0.717) is 27.2 Å². The van der Waals surface area contributed by atoms with Crippen molar-refractivity contribution in [1.82, 2.24) is 9.88 Å². The molecular formula is C24H24Cl2N4O2. The van der Waals surface area contributed by atoms with Crippen LogP contribution in [0.25, 0.3) is 11.3 Å². The Labute approximate surface area is 197 Å². The Kier molecular flexibility index (Phi) is 7.15. The van der Waals surface area contributed by atoms with Gasteiger partial charge in [-0.25, -0.2) is 4.79 Å². The Morgan fingerprint density at radius 1 is 1.00 bits per heavy atom. The number of pyridine rings is 1. The van der Waals surface area contributed by atoms with E-state index < -0.39 is 0 Å². The van der Waals surface area contributed by atoms with Gasteiger partial charge < -0.3 is 20.3 Å². The number of carbonyl (C=O) groups excluding carboxylic acids is 1. The molecule has 2 aromatic carbocycles. The number of carbonyl (C=O) groups is 1. The maximum absolute atomic E-state index is 12.5. The number of anilines is 2. The molecule has 32 heavy (non-hydrogen) atoms. The fourth-order valence-corrected chi connectivity index (χ4v) is 4.01. The van der Waals surface area contributed by atoms with Crippen LogP contribution in [0.4, 0.5) is 16.2 Å². The SMILES string of the molecule is CN1CCC(Oc2cc(NC(=O)Nc3ccc(-c4ccccn4)c(Cl)c3)ccc2Cl)CC1. The topological polar surface area (TPSA) is 66.5 Å². The highest BCUT2D eigenvalue weighted by Crippen LogP contribution is 2.31. The van der Waals surface area contributed by atoms with E-state index in [-0.39, 0.29) is 12.1 Å². The normalized spacial score (nSPS) is 14.7. The zero-order valence-corrected chi connectivity index (χ0v) is 19.2. The molecule has 1 aromatic heterocycles. The van der Waals surface area contributed by atoms with Crippen LogP contribution in [0.3, 0.4) is 0 Å². The number of benzene rings is 2. The number of amides is 2. The molecule has 2 amide bonds. The van der Waals surface area contributed by atoms with Crippen LogP contribution in [0.1, 0.15) is 12.8 Å². The zero-order chi connectivity index (χ0) is 22.5. The minimum Gasteiger partial charge on any atom is -0.489 e. The zero-order valence-electron chi connectivity index (χ0n) is 17.6. The predicted molar refractivity (Wildman–Crippen MR) is 130 cm³/mol. The van der Waals surface area contributed by atoms with Crippen LogP contribution in [0.15, 0.2) is 60.8 Å².